The van der Waals surface area contributed by atoms with E-state index in [1.54, 1.807) is 18.2 Å². The number of fused-ring (bicyclic) bond motifs is 1. The SMILES string of the molecule is CN(C)c1ccc(-c2nc3cc(N=[N+]=[N-])ccc3o2)cc1. The molecule has 3 aromatic rings. The van der Waals surface area contributed by atoms with E-state index in [1.807, 2.05) is 43.3 Å². The fourth-order valence-electron chi connectivity index (χ4n) is 2.06. The van der Waals surface area contributed by atoms with Crippen LogP contribution >= 0.6 is 0 Å². The van der Waals surface area contributed by atoms with Crippen LogP contribution in [0.3, 0.4) is 0 Å². The van der Waals surface area contributed by atoms with Crippen molar-refractivity contribution in [3.8, 4) is 11.5 Å². The van der Waals surface area contributed by atoms with E-state index in [9.17, 15) is 0 Å². The smallest absolute Gasteiger partial charge is 0.227 e. The number of rotatable bonds is 3. The molecule has 1 aromatic heterocycles. The molecule has 0 bridgehead atoms. The Bertz CT molecular complexity index is 829. The van der Waals surface area contributed by atoms with Crippen LogP contribution in [0, 0.1) is 0 Å². The van der Waals surface area contributed by atoms with Crippen molar-refractivity contribution in [1.82, 2.24) is 4.98 Å². The van der Waals surface area contributed by atoms with Crippen LogP contribution in [0.15, 0.2) is 52.0 Å². The molecular weight excluding hydrogens is 266 g/mol. The van der Waals surface area contributed by atoms with Crippen molar-refractivity contribution in [2.24, 2.45) is 5.11 Å². The summed E-state index contributed by atoms with van der Waals surface area (Å²) in [5.74, 6) is 0.549. The summed E-state index contributed by atoms with van der Waals surface area (Å²) >= 11 is 0. The van der Waals surface area contributed by atoms with E-state index in [1.165, 1.54) is 0 Å². The van der Waals surface area contributed by atoms with Gasteiger partial charge in [-0.25, -0.2) is 4.98 Å². The molecule has 0 spiro atoms. The van der Waals surface area contributed by atoms with Gasteiger partial charge in [0, 0.05) is 35.9 Å². The standard InChI is InChI=1S/C15H13N5O/c1-20(2)12-6-3-10(4-7-12)15-17-13-9-11(18-19-16)5-8-14(13)21-15/h3-9H,1-2H3. The highest BCUT2D eigenvalue weighted by atomic mass is 16.3. The highest BCUT2D eigenvalue weighted by Gasteiger charge is 2.08. The first-order chi connectivity index (χ1) is 10.2. The number of oxazole rings is 1. The molecule has 0 saturated carbocycles. The summed E-state index contributed by atoms with van der Waals surface area (Å²) in [6.45, 7) is 0. The summed E-state index contributed by atoms with van der Waals surface area (Å²) in [5.41, 5.74) is 12.3. The minimum Gasteiger partial charge on any atom is -0.436 e. The Balaban J connectivity index is 2.02. The molecule has 1 heterocycles. The monoisotopic (exact) mass is 279 g/mol. The van der Waals surface area contributed by atoms with Gasteiger partial charge in [-0.2, -0.15) is 0 Å². The van der Waals surface area contributed by atoms with Gasteiger partial charge in [0.05, 0.1) is 0 Å². The number of azide groups is 1. The van der Waals surface area contributed by atoms with E-state index in [2.05, 4.69) is 15.0 Å². The Morgan fingerprint density at radius 2 is 1.90 bits per heavy atom. The van der Waals surface area contributed by atoms with E-state index in [4.69, 9.17) is 9.95 Å². The molecule has 0 amide bonds. The van der Waals surface area contributed by atoms with Crippen molar-refractivity contribution in [3.05, 3.63) is 52.9 Å². The van der Waals surface area contributed by atoms with Crippen LogP contribution in [-0.4, -0.2) is 19.1 Å². The molecule has 2 aromatic carbocycles. The van der Waals surface area contributed by atoms with E-state index in [0.717, 1.165) is 11.3 Å². The van der Waals surface area contributed by atoms with Crippen LogP contribution in [0.4, 0.5) is 11.4 Å². The maximum atomic E-state index is 8.46. The average molecular weight is 279 g/mol. The quantitative estimate of drug-likeness (QED) is 0.402. The highest BCUT2D eigenvalue weighted by molar-refractivity contribution is 5.79. The maximum Gasteiger partial charge on any atom is 0.227 e. The minimum absolute atomic E-state index is 0.521. The van der Waals surface area contributed by atoms with Crippen LogP contribution < -0.4 is 4.90 Å². The number of hydrogen-bond acceptors (Lipinski definition) is 4. The normalized spacial score (nSPS) is 10.4. The number of hydrogen-bond donors (Lipinski definition) is 0. The third kappa shape index (κ3) is 2.52. The zero-order chi connectivity index (χ0) is 14.8. The van der Waals surface area contributed by atoms with Crippen LogP contribution in [-0.2, 0) is 0 Å². The number of nitrogens with zero attached hydrogens (tertiary/aromatic N) is 5. The lowest BCUT2D eigenvalue weighted by Crippen LogP contribution is -2.07. The summed E-state index contributed by atoms with van der Waals surface area (Å²) in [6.07, 6.45) is 0. The second-order valence-corrected chi connectivity index (χ2v) is 4.80. The van der Waals surface area contributed by atoms with Crippen LogP contribution in [0.2, 0.25) is 0 Å². The molecule has 0 unspecified atom stereocenters. The Labute approximate surface area is 121 Å². The summed E-state index contributed by atoms with van der Waals surface area (Å²) in [5, 5.41) is 3.56. The predicted octanol–water partition coefficient (Wildman–Crippen LogP) is 4.50. The molecule has 6 heteroatoms. The first-order valence-electron chi connectivity index (χ1n) is 6.41. The lowest BCUT2D eigenvalue weighted by atomic mass is 10.2. The van der Waals surface area contributed by atoms with Gasteiger partial charge in [0.25, 0.3) is 0 Å². The van der Waals surface area contributed by atoms with Gasteiger partial charge in [-0.05, 0) is 48.0 Å². The molecule has 0 atom stereocenters. The minimum atomic E-state index is 0.521. The molecule has 0 N–H and O–H groups in total. The average Bonchev–Trinajstić information content (AvgIpc) is 2.91. The van der Waals surface area contributed by atoms with Crippen molar-refractivity contribution >= 4 is 22.5 Å². The first-order valence-corrected chi connectivity index (χ1v) is 6.41. The van der Waals surface area contributed by atoms with Crippen LogP contribution in [0.5, 0.6) is 0 Å². The molecule has 6 nitrogen and oxygen atoms in total. The Morgan fingerprint density at radius 1 is 1.14 bits per heavy atom. The van der Waals surface area contributed by atoms with Gasteiger partial charge in [-0.1, -0.05) is 5.11 Å². The van der Waals surface area contributed by atoms with Gasteiger partial charge >= 0.3 is 0 Å². The second kappa shape index (κ2) is 5.19. The van der Waals surface area contributed by atoms with Gasteiger partial charge in [0.15, 0.2) is 5.58 Å². The molecule has 0 aliphatic heterocycles. The van der Waals surface area contributed by atoms with Gasteiger partial charge < -0.3 is 9.32 Å². The fourth-order valence-corrected chi connectivity index (χ4v) is 2.06. The molecule has 0 fully saturated rings. The Morgan fingerprint density at radius 3 is 2.57 bits per heavy atom. The van der Waals surface area contributed by atoms with E-state index >= 15 is 0 Å². The van der Waals surface area contributed by atoms with Gasteiger partial charge in [-0.15, -0.1) is 0 Å². The zero-order valence-electron chi connectivity index (χ0n) is 11.7. The lowest BCUT2D eigenvalue weighted by molar-refractivity contribution is 0.620. The van der Waals surface area contributed by atoms with Crippen molar-refractivity contribution in [2.45, 2.75) is 0 Å². The summed E-state index contributed by atoms with van der Waals surface area (Å²) < 4.78 is 5.73. The van der Waals surface area contributed by atoms with Gasteiger partial charge in [0.1, 0.15) is 5.52 Å². The summed E-state index contributed by atoms with van der Waals surface area (Å²) in [6, 6.07) is 13.1. The zero-order valence-corrected chi connectivity index (χ0v) is 11.7. The molecule has 0 radical (unpaired) electrons. The molecule has 3 rings (SSSR count). The number of aromatic nitrogens is 1. The Kier molecular flexibility index (Phi) is 3.22. The third-order valence-electron chi connectivity index (χ3n) is 3.16. The fraction of sp³-hybridized carbons (Fsp3) is 0.133. The molecule has 0 aliphatic carbocycles. The van der Waals surface area contributed by atoms with Crippen molar-refractivity contribution in [2.75, 3.05) is 19.0 Å². The van der Waals surface area contributed by atoms with E-state index in [0.29, 0.717) is 22.7 Å². The van der Waals surface area contributed by atoms with Crippen molar-refractivity contribution in [1.29, 1.82) is 0 Å². The third-order valence-corrected chi connectivity index (χ3v) is 3.16. The van der Waals surface area contributed by atoms with E-state index in [-0.39, 0.29) is 0 Å². The summed E-state index contributed by atoms with van der Waals surface area (Å²) in [4.78, 5) is 9.23. The highest BCUT2D eigenvalue weighted by Crippen LogP contribution is 2.28. The number of anilines is 1. The van der Waals surface area contributed by atoms with Crippen molar-refractivity contribution < 1.29 is 4.42 Å². The number of benzene rings is 2. The largest absolute Gasteiger partial charge is 0.436 e. The lowest BCUT2D eigenvalue weighted by Gasteiger charge is -2.11. The molecule has 104 valence electrons. The Hall–Kier alpha value is -2.98. The van der Waals surface area contributed by atoms with Crippen molar-refractivity contribution in [3.63, 3.8) is 0 Å². The molecular formula is C15H13N5O. The maximum absolute atomic E-state index is 8.46. The topological polar surface area (TPSA) is 78.0 Å². The van der Waals surface area contributed by atoms with E-state index < -0.39 is 0 Å². The predicted molar refractivity (Wildman–Crippen MR) is 82.6 cm³/mol. The van der Waals surface area contributed by atoms with Crippen LogP contribution in [0.1, 0.15) is 0 Å². The van der Waals surface area contributed by atoms with Crippen LogP contribution in [0.25, 0.3) is 33.0 Å². The molecule has 21 heavy (non-hydrogen) atoms. The van der Waals surface area contributed by atoms with Gasteiger partial charge in [-0.3, -0.25) is 0 Å². The van der Waals surface area contributed by atoms with Gasteiger partial charge in [0.2, 0.25) is 5.89 Å². The molecule has 0 aliphatic rings. The first kappa shape index (κ1) is 13.0. The summed E-state index contributed by atoms with van der Waals surface area (Å²) in [7, 11) is 3.98. The molecule has 0 saturated heterocycles. The second-order valence-electron chi connectivity index (χ2n) is 4.80.